The van der Waals surface area contributed by atoms with E-state index in [4.69, 9.17) is 18.9 Å². The molecule has 3 rings (SSSR count). The first kappa shape index (κ1) is 36.2. The van der Waals surface area contributed by atoms with E-state index in [9.17, 15) is 19.2 Å². The number of methoxy groups -OCH3 is 3. The Bertz CT molecular complexity index is 1360. The van der Waals surface area contributed by atoms with Crippen molar-refractivity contribution in [3.63, 3.8) is 0 Å². The molecule has 0 aromatic heterocycles. The molecule has 0 aliphatic heterocycles. The van der Waals surface area contributed by atoms with E-state index in [1.165, 1.54) is 28.1 Å². The van der Waals surface area contributed by atoms with E-state index in [1.807, 2.05) is 24.3 Å². The molecule has 42 heavy (non-hydrogen) atoms. The van der Waals surface area contributed by atoms with Crippen molar-refractivity contribution >= 4 is 51.6 Å². The summed E-state index contributed by atoms with van der Waals surface area (Å²) < 4.78 is 25.2. The molecule has 11 heteroatoms. The van der Waals surface area contributed by atoms with Crippen LogP contribution in [0.5, 0.6) is 5.75 Å². The normalized spacial score (nSPS) is 9.76. The Hall–Kier alpha value is -3.83. The van der Waals surface area contributed by atoms with Crippen molar-refractivity contribution in [3.8, 4) is 5.75 Å². The van der Waals surface area contributed by atoms with Gasteiger partial charge >= 0.3 is 23.9 Å². The van der Waals surface area contributed by atoms with Gasteiger partial charge in [0.1, 0.15) is 19.0 Å². The van der Waals surface area contributed by atoms with Gasteiger partial charge in [0.2, 0.25) is 0 Å². The molecule has 0 fully saturated rings. The molecule has 0 N–H and O–H groups in total. The van der Waals surface area contributed by atoms with E-state index in [0.717, 1.165) is 27.3 Å². The van der Waals surface area contributed by atoms with Gasteiger partial charge in [0, 0.05) is 40.1 Å². The predicted octanol–water partition coefficient (Wildman–Crippen LogP) is 6.77. The third-order valence-electron chi connectivity index (χ3n) is 5.38. The first-order chi connectivity index (χ1) is 19.6. The minimum atomic E-state index is -0.403. The topological polar surface area (TPSA) is 114 Å². The maximum Gasteiger partial charge on any atom is 0.337 e. The minimum Gasteiger partial charge on any atom is -0.497 e. The number of benzene rings is 3. The summed E-state index contributed by atoms with van der Waals surface area (Å²) in [6.45, 7) is 3.06. The highest BCUT2D eigenvalue weighted by Gasteiger charge is 2.12. The summed E-state index contributed by atoms with van der Waals surface area (Å²) in [5, 5.41) is 0. The molecular weight excluding hydrogens is 628 g/mol. The Morgan fingerprint density at radius 2 is 1.21 bits per heavy atom. The molecule has 9 nitrogen and oxygen atoms in total. The fourth-order valence-corrected chi connectivity index (χ4v) is 4.73. The number of esters is 4. The average molecular weight is 664 g/mol. The fraction of sp³-hybridized carbons (Fsp3) is 0.290. The summed E-state index contributed by atoms with van der Waals surface area (Å²) in [6, 6.07) is 18.0. The molecule has 0 amide bonds. The van der Waals surface area contributed by atoms with Crippen LogP contribution in [0.4, 0.5) is 0 Å². The molecule has 0 spiro atoms. The van der Waals surface area contributed by atoms with Crippen molar-refractivity contribution in [2.45, 2.75) is 45.1 Å². The van der Waals surface area contributed by atoms with Crippen molar-refractivity contribution in [1.29, 1.82) is 0 Å². The Morgan fingerprint density at radius 3 is 1.69 bits per heavy atom. The summed E-state index contributed by atoms with van der Waals surface area (Å²) in [6.07, 6.45) is 0. The van der Waals surface area contributed by atoms with Crippen LogP contribution in [0.25, 0.3) is 0 Å². The van der Waals surface area contributed by atoms with Gasteiger partial charge in [0.25, 0.3) is 0 Å². The molecule has 3 aromatic rings. The summed E-state index contributed by atoms with van der Waals surface area (Å²) in [4.78, 5) is 45.6. The van der Waals surface area contributed by atoms with Crippen LogP contribution in [-0.2, 0) is 47.5 Å². The lowest BCUT2D eigenvalue weighted by atomic mass is 10.1. The lowest BCUT2D eigenvalue weighted by Gasteiger charge is -2.11. The van der Waals surface area contributed by atoms with Crippen molar-refractivity contribution in [3.05, 3.63) is 93.0 Å². The molecule has 0 unspecified atom stereocenters. The van der Waals surface area contributed by atoms with Crippen LogP contribution in [0, 0.1) is 0 Å². The third-order valence-corrected chi connectivity index (χ3v) is 7.28. The maximum absolute atomic E-state index is 11.8. The Balaban J connectivity index is 0.000000450. The summed E-state index contributed by atoms with van der Waals surface area (Å²) in [7, 11) is 4.30. The molecule has 226 valence electrons. The van der Waals surface area contributed by atoms with Gasteiger partial charge in [0.05, 0.1) is 32.5 Å². The number of thioether (sulfide) groups is 1. The predicted molar refractivity (Wildman–Crippen MR) is 163 cm³/mol. The minimum absolute atomic E-state index is 0. The molecule has 0 aliphatic carbocycles. The van der Waals surface area contributed by atoms with E-state index in [2.05, 4.69) is 20.7 Å². The van der Waals surface area contributed by atoms with Crippen molar-refractivity contribution in [2.24, 2.45) is 0 Å². The second kappa shape index (κ2) is 18.6. The molecular formula is C31H35BrO9S. The van der Waals surface area contributed by atoms with Gasteiger partial charge < -0.3 is 23.7 Å². The van der Waals surface area contributed by atoms with Crippen molar-refractivity contribution in [2.75, 3.05) is 21.3 Å². The highest BCUT2D eigenvalue weighted by atomic mass is 79.9. The van der Waals surface area contributed by atoms with Crippen molar-refractivity contribution < 1.29 is 42.9 Å². The number of halogens is 1. The van der Waals surface area contributed by atoms with E-state index < -0.39 is 11.9 Å². The molecule has 0 radical (unpaired) electrons. The van der Waals surface area contributed by atoms with Gasteiger partial charge in [-0.15, -0.1) is 11.8 Å². The van der Waals surface area contributed by atoms with Gasteiger partial charge in [0.15, 0.2) is 0 Å². The van der Waals surface area contributed by atoms with Gasteiger partial charge in [-0.05, 0) is 42.0 Å². The summed E-state index contributed by atoms with van der Waals surface area (Å²) >= 11 is 4.86. The number of hydrogen-bond acceptors (Lipinski definition) is 10. The largest absolute Gasteiger partial charge is 0.497 e. The fourth-order valence-electron chi connectivity index (χ4n) is 3.20. The number of rotatable bonds is 10. The van der Waals surface area contributed by atoms with Gasteiger partial charge in [-0.25, -0.2) is 9.59 Å². The lowest BCUT2D eigenvalue weighted by molar-refractivity contribution is -0.143. The van der Waals surface area contributed by atoms with Crippen LogP contribution >= 0.6 is 27.7 Å². The van der Waals surface area contributed by atoms with E-state index in [1.54, 1.807) is 55.3 Å². The number of carbonyl (C=O) groups excluding carboxylic acids is 4. The highest BCUT2D eigenvalue weighted by molar-refractivity contribution is 9.10. The average Bonchev–Trinajstić information content (AvgIpc) is 2.98. The first-order valence-corrected chi connectivity index (χ1v) is 14.0. The van der Waals surface area contributed by atoms with Crippen LogP contribution in [0.3, 0.4) is 0 Å². The standard InChI is InChI=1S/C19H20O5S.C11H11BrO4.CH4/c1-13(20)24-11-16-7-6-15(19(21)23-3)10-18(16)25-12-14-4-8-17(22-2)9-5-14;1-7(13)16-6-9-4-3-8(5-10(9)12)11(14)15-2;/h4-10H,11-12H2,1-3H3;3-5H,6H2,1-2H3;1H4. The second-order valence-corrected chi connectivity index (χ2v) is 10.2. The van der Waals surface area contributed by atoms with E-state index in [0.29, 0.717) is 21.4 Å². The number of ether oxygens (including phenoxy) is 5. The quantitative estimate of drug-likeness (QED) is 0.131. The van der Waals surface area contributed by atoms with Crippen LogP contribution < -0.4 is 4.74 Å². The molecule has 0 saturated heterocycles. The Kier molecular flexibility index (Phi) is 16.0. The lowest BCUT2D eigenvalue weighted by Crippen LogP contribution is -2.04. The van der Waals surface area contributed by atoms with Gasteiger partial charge in [-0.3, -0.25) is 9.59 Å². The van der Waals surface area contributed by atoms with Crippen molar-refractivity contribution in [1.82, 2.24) is 0 Å². The Morgan fingerprint density at radius 1 is 0.714 bits per heavy atom. The third kappa shape index (κ3) is 12.0. The second-order valence-electron chi connectivity index (χ2n) is 8.31. The maximum atomic E-state index is 11.8. The molecule has 0 heterocycles. The first-order valence-electron chi connectivity index (χ1n) is 12.2. The van der Waals surface area contributed by atoms with E-state index in [-0.39, 0.29) is 32.6 Å². The number of hydrogen-bond donors (Lipinski definition) is 0. The van der Waals surface area contributed by atoms with E-state index >= 15 is 0 Å². The van der Waals surface area contributed by atoms with Gasteiger partial charge in [-0.1, -0.05) is 47.6 Å². The summed E-state index contributed by atoms with van der Waals surface area (Å²) in [5.74, 6) is 0.0240. The van der Waals surface area contributed by atoms with Crippen LogP contribution in [0.15, 0.2) is 70.0 Å². The zero-order chi connectivity index (χ0) is 30.4. The smallest absolute Gasteiger partial charge is 0.337 e. The SMILES string of the molecule is C.COC(=O)c1ccc(COC(C)=O)c(Br)c1.COC(=O)c1ccc(COC(C)=O)c(SCc2ccc(OC)cc2)c1. The van der Waals surface area contributed by atoms with Crippen LogP contribution in [0.2, 0.25) is 0 Å². The van der Waals surface area contributed by atoms with Gasteiger partial charge in [-0.2, -0.15) is 0 Å². The molecule has 0 aliphatic rings. The molecule has 0 saturated carbocycles. The highest BCUT2D eigenvalue weighted by Crippen LogP contribution is 2.29. The molecule has 0 atom stereocenters. The summed E-state index contributed by atoms with van der Waals surface area (Å²) in [5.41, 5.74) is 3.67. The van der Waals surface area contributed by atoms with Crippen LogP contribution in [0.1, 0.15) is 58.7 Å². The monoisotopic (exact) mass is 662 g/mol. The Labute approximate surface area is 259 Å². The number of carbonyl (C=O) groups is 4. The molecule has 0 bridgehead atoms. The zero-order valence-corrected chi connectivity index (χ0v) is 25.8. The molecule has 3 aromatic carbocycles. The zero-order valence-electron chi connectivity index (χ0n) is 23.4. The van der Waals surface area contributed by atoms with Crippen LogP contribution in [-0.4, -0.2) is 45.2 Å².